The fourth-order valence-electron chi connectivity index (χ4n) is 9.55. The Morgan fingerprint density at radius 1 is 0.833 bits per heavy atom. The van der Waals surface area contributed by atoms with Crippen molar-refractivity contribution in [3.05, 3.63) is 72.3 Å². The standard InChI is InChI=1S/C45H54N8O7/c1-24(2)36(50-43(56)58-6)40(54)52-18-8-9-35(52)39-46-22-34(48-39)31-15-14-30(32-19-26(5)60-38(31)32)28-10-12-29(13-11-28)33-21-47-42(49-33)45-17-16-27(20-45)23-53(45)41(55)37(25(3)4)51-44(57)59-7/h10-15,19,21-22,24-25,27,35-37H,8-9,16-18,20,23H2,1-7H3,(H,46,48)(H,47,49)(H,50,56)(H,51,57)/t27?,35-,36-,37-,45?/m0/s1. The van der Waals surface area contributed by atoms with Crippen LogP contribution in [0.25, 0.3) is 44.6 Å². The van der Waals surface area contributed by atoms with E-state index in [1.54, 1.807) is 11.1 Å². The molecular formula is C45H54N8O7. The number of nitrogens with zero attached hydrogens (tertiary/aromatic N) is 4. The maximum atomic E-state index is 14.0. The molecule has 15 heteroatoms. The lowest BCUT2D eigenvalue weighted by molar-refractivity contribution is -0.140. The number of fused-ring (bicyclic) bond motifs is 3. The van der Waals surface area contributed by atoms with Gasteiger partial charge in [0.15, 0.2) is 0 Å². The van der Waals surface area contributed by atoms with Crippen LogP contribution in [0, 0.1) is 24.7 Å². The summed E-state index contributed by atoms with van der Waals surface area (Å²) in [4.78, 5) is 72.3. The second-order valence-corrected chi connectivity index (χ2v) is 17.2. The minimum atomic E-state index is -0.714. The zero-order chi connectivity index (χ0) is 42.5. The van der Waals surface area contributed by atoms with Crippen LogP contribution in [0.4, 0.5) is 9.59 Å². The molecule has 3 aromatic heterocycles. The van der Waals surface area contributed by atoms with Crippen LogP contribution >= 0.6 is 0 Å². The van der Waals surface area contributed by atoms with Gasteiger partial charge < -0.3 is 44.3 Å². The number of imidazole rings is 2. The number of piperidine rings is 1. The summed E-state index contributed by atoms with van der Waals surface area (Å²) < 4.78 is 15.9. The van der Waals surface area contributed by atoms with Crippen molar-refractivity contribution in [1.29, 1.82) is 0 Å². The van der Waals surface area contributed by atoms with Gasteiger partial charge in [0, 0.05) is 24.0 Å². The monoisotopic (exact) mass is 818 g/mol. The van der Waals surface area contributed by atoms with Crippen molar-refractivity contribution in [1.82, 2.24) is 40.4 Å². The van der Waals surface area contributed by atoms with Gasteiger partial charge >= 0.3 is 12.2 Å². The minimum Gasteiger partial charge on any atom is -0.461 e. The number of aryl methyl sites for hydroxylation is 1. The zero-order valence-corrected chi connectivity index (χ0v) is 35.3. The first-order valence-corrected chi connectivity index (χ1v) is 20.9. The summed E-state index contributed by atoms with van der Waals surface area (Å²) in [7, 11) is 2.59. The molecule has 4 amide bonds. The van der Waals surface area contributed by atoms with E-state index in [0.29, 0.717) is 24.8 Å². The predicted molar refractivity (Wildman–Crippen MR) is 224 cm³/mol. The number of carbonyl (C=O) groups is 4. The molecule has 0 spiro atoms. The predicted octanol–water partition coefficient (Wildman–Crippen LogP) is 7.45. The number of rotatable bonds is 11. The molecule has 2 bridgehead atoms. The Balaban J connectivity index is 1.02. The molecule has 4 N–H and O–H groups in total. The largest absolute Gasteiger partial charge is 0.461 e. The number of hydrogen-bond donors (Lipinski definition) is 4. The summed E-state index contributed by atoms with van der Waals surface area (Å²) >= 11 is 0. The van der Waals surface area contributed by atoms with Crippen molar-refractivity contribution >= 4 is 35.0 Å². The van der Waals surface area contributed by atoms with E-state index in [0.717, 1.165) is 88.3 Å². The molecule has 0 radical (unpaired) electrons. The maximum absolute atomic E-state index is 14.0. The molecule has 1 saturated carbocycles. The number of benzene rings is 2. The van der Waals surface area contributed by atoms with Crippen molar-refractivity contribution in [3.8, 4) is 33.6 Å². The smallest absolute Gasteiger partial charge is 0.407 e. The van der Waals surface area contributed by atoms with Crippen LogP contribution in [0.3, 0.4) is 0 Å². The lowest BCUT2D eigenvalue weighted by Crippen LogP contribution is -2.56. The number of ether oxygens (including phenoxy) is 2. The van der Waals surface area contributed by atoms with Crippen molar-refractivity contribution < 1.29 is 33.1 Å². The first-order valence-electron chi connectivity index (χ1n) is 20.9. The maximum Gasteiger partial charge on any atom is 0.407 e. The highest BCUT2D eigenvalue weighted by Crippen LogP contribution is 2.52. The average molecular weight is 819 g/mol. The number of likely N-dealkylation sites (tertiary alicyclic amines) is 2. The molecule has 5 atom stereocenters. The van der Waals surface area contributed by atoms with Crippen LogP contribution in [0.5, 0.6) is 0 Å². The van der Waals surface area contributed by atoms with Crippen LogP contribution < -0.4 is 10.6 Å². The van der Waals surface area contributed by atoms with Crippen LogP contribution in [0.15, 0.2) is 59.3 Å². The lowest BCUT2D eigenvalue weighted by atomic mass is 9.93. The van der Waals surface area contributed by atoms with Gasteiger partial charge in [-0.15, -0.1) is 0 Å². The Kier molecular flexibility index (Phi) is 10.9. The van der Waals surface area contributed by atoms with E-state index in [9.17, 15) is 19.2 Å². The second-order valence-electron chi connectivity index (χ2n) is 17.2. The van der Waals surface area contributed by atoms with Gasteiger partial charge in [-0.1, -0.05) is 58.0 Å². The molecule has 2 aromatic carbocycles. The van der Waals surface area contributed by atoms with E-state index in [2.05, 4.69) is 50.9 Å². The molecule has 2 saturated heterocycles. The highest BCUT2D eigenvalue weighted by Gasteiger charge is 2.56. The fraction of sp³-hybridized carbons (Fsp3) is 0.467. The third-order valence-electron chi connectivity index (χ3n) is 12.7. The van der Waals surface area contributed by atoms with E-state index in [4.69, 9.17) is 23.9 Å². The molecule has 5 aromatic rings. The highest BCUT2D eigenvalue weighted by atomic mass is 16.5. The lowest BCUT2D eigenvalue weighted by Gasteiger charge is -2.40. The van der Waals surface area contributed by atoms with Crippen molar-refractivity contribution in [2.75, 3.05) is 27.3 Å². The summed E-state index contributed by atoms with van der Waals surface area (Å²) in [6.07, 6.45) is 6.60. The summed E-state index contributed by atoms with van der Waals surface area (Å²) in [5.74, 6) is 2.10. The number of hydrogen-bond acceptors (Lipinski definition) is 9. The topological polar surface area (TPSA) is 188 Å². The van der Waals surface area contributed by atoms with Gasteiger partial charge in [-0.3, -0.25) is 9.59 Å². The summed E-state index contributed by atoms with van der Waals surface area (Å²) in [5, 5.41) is 6.43. The van der Waals surface area contributed by atoms with Gasteiger partial charge in [-0.05, 0) is 85.6 Å². The number of aromatic amines is 2. The Bertz CT molecular complexity index is 2410. The number of nitrogens with one attached hydrogen (secondary N) is 4. The molecule has 5 heterocycles. The third-order valence-corrected chi connectivity index (χ3v) is 12.7. The van der Waals surface area contributed by atoms with E-state index < -0.39 is 29.8 Å². The molecule has 2 unspecified atom stereocenters. The van der Waals surface area contributed by atoms with Gasteiger partial charge in [0.25, 0.3) is 0 Å². The highest BCUT2D eigenvalue weighted by molar-refractivity contribution is 6.02. The zero-order valence-electron chi connectivity index (χ0n) is 35.3. The first-order chi connectivity index (χ1) is 28.8. The van der Waals surface area contributed by atoms with Crippen molar-refractivity contribution in [3.63, 3.8) is 0 Å². The Morgan fingerprint density at radius 2 is 1.48 bits per heavy atom. The van der Waals surface area contributed by atoms with Gasteiger partial charge in [0.1, 0.15) is 40.6 Å². The Hall–Kier alpha value is -6.12. The number of aromatic nitrogens is 4. The molecular weight excluding hydrogens is 765 g/mol. The van der Waals surface area contributed by atoms with Gasteiger partial charge in [-0.2, -0.15) is 0 Å². The fourth-order valence-corrected chi connectivity index (χ4v) is 9.55. The summed E-state index contributed by atoms with van der Waals surface area (Å²) in [6.45, 7) is 10.8. The number of carbonyl (C=O) groups excluding carboxylic acids is 4. The van der Waals surface area contributed by atoms with Crippen LogP contribution in [-0.4, -0.2) is 93.1 Å². The van der Waals surface area contributed by atoms with Crippen LogP contribution in [0.2, 0.25) is 0 Å². The first kappa shape index (κ1) is 40.7. The molecule has 8 rings (SSSR count). The van der Waals surface area contributed by atoms with Crippen molar-refractivity contribution in [2.24, 2.45) is 17.8 Å². The SMILES string of the molecule is COC(=O)N[C@H](C(=O)N1CCC[C@H]1c1ncc(-c2ccc(-c3ccc(-c4cnc(C56CCC(CN5C(=O)[C@@H](NC(=O)OC)C(C)C)C6)[nH]4)cc3)c3cc(C)oc23)[nH]1)C(C)C. The molecule has 1 aliphatic carbocycles. The number of H-pyrrole nitrogens is 2. The number of methoxy groups -OCH3 is 2. The number of alkyl carbamates (subject to hydrolysis) is 2. The van der Waals surface area contributed by atoms with Gasteiger partial charge in [0.05, 0.1) is 44.0 Å². The molecule has 15 nitrogen and oxygen atoms in total. The minimum absolute atomic E-state index is 0.113. The molecule has 3 fully saturated rings. The van der Waals surface area contributed by atoms with E-state index in [1.165, 1.54) is 14.2 Å². The second kappa shape index (κ2) is 16.1. The summed E-state index contributed by atoms with van der Waals surface area (Å²) in [6, 6.07) is 12.8. The summed E-state index contributed by atoms with van der Waals surface area (Å²) in [5.41, 5.74) is 5.68. The van der Waals surface area contributed by atoms with E-state index in [1.807, 2.05) is 57.8 Å². The number of furan rings is 1. The van der Waals surface area contributed by atoms with Gasteiger partial charge in [-0.25, -0.2) is 19.6 Å². The van der Waals surface area contributed by atoms with Crippen LogP contribution in [0.1, 0.15) is 83.2 Å². The van der Waals surface area contributed by atoms with Crippen molar-refractivity contribution in [2.45, 2.75) is 90.4 Å². The Morgan fingerprint density at radius 3 is 2.15 bits per heavy atom. The quantitative estimate of drug-likeness (QED) is 0.105. The third kappa shape index (κ3) is 7.27. The van der Waals surface area contributed by atoms with Gasteiger partial charge in [0.2, 0.25) is 11.8 Å². The molecule has 2 aliphatic heterocycles. The normalized spacial score (nSPS) is 20.9. The average Bonchev–Trinajstić information content (AvgIpc) is 4.10. The van der Waals surface area contributed by atoms with E-state index in [-0.39, 0.29) is 29.7 Å². The van der Waals surface area contributed by atoms with E-state index >= 15 is 0 Å². The molecule has 60 heavy (non-hydrogen) atoms. The Labute approximate surface area is 349 Å². The molecule has 3 aliphatic rings. The molecule has 316 valence electrons. The number of amides is 4. The van der Waals surface area contributed by atoms with Crippen LogP contribution in [-0.2, 0) is 24.6 Å².